The third kappa shape index (κ3) is 2.83. The van der Waals surface area contributed by atoms with Crippen molar-refractivity contribution in [2.45, 2.75) is 19.4 Å². The molecule has 1 unspecified atom stereocenters. The van der Waals surface area contributed by atoms with Crippen LogP contribution in [0, 0.1) is 0 Å². The SMILES string of the molecule is CC(NCCc1ncon1)c1cnccn1. The Kier molecular flexibility index (Phi) is 3.55. The topological polar surface area (TPSA) is 76.7 Å². The van der Waals surface area contributed by atoms with E-state index >= 15 is 0 Å². The second-order valence-electron chi connectivity index (χ2n) is 3.40. The van der Waals surface area contributed by atoms with Crippen LogP contribution in [0.3, 0.4) is 0 Å². The molecule has 0 fully saturated rings. The molecule has 1 atom stereocenters. The van der Waals surface area contributed by atoms with Crippen LogP contribution in [-0.4, -0.2) is 26.7 Å². The summed E-state index contributed by atoms with van der Waals surface area (Å²) in [5.41, 5.74) is 0.926. The van der Waals surface area contributed by atoms with E-state index in [1.165, 1.54) is 6.39 Å². The highest BCUT2D eigenvalue weighted by Crippen LogP contribution is 2.05. The minimum Gasteiger partial charge on any atom is -0.343 e. The molecule has 6 heteroatoms. The normalized spacial score (nSPS) is 12.6. The van der Waals surface area contributed by atoms with Gasteiger partial charge in [-0.3, -0.25) is 9.97 Å². The number of nitrogens with one attached hydrogen (secondary N) is 1. The monoisotopic (exact) mass is 219 g/mol. The van der Waals surface area contributed by atoms with Crippen LogP contribution < -0.4 is 5.32 Å². The van der Waals surface area contributed by atoms with Gasteiger partial charge in [0.15, 0.2) is 5.82 Å². The highest BCUT2D eigenvalue weighted by Gasteiger charge is 2.06. The fraction of sp³-hybridized carbons (Fsp3) is 0.400. The summed E-state index contributed by atoms with van der Waals surface area (Å²) in [4.78, 5) is 12.2. The van der Waals surface area contributed by atoms with E-state index in [1.807, 2.05) is 6.92 Å². The van der Waals surface area contributed by atoms with Crippen LogP contribution >= 0.6 is 0 Å². The minimum atomic E-state index is 0.167. The maximum Gasteiger partial charge on any atom is 0.213 e. The lowest BCUT2D eigenvalue weighted by atomic mass is 10.2. The van der Waals surface area contributed by atoms with Crippen LogP contribution in [0.1, 0.15) is 24.5 Å². The van der Waals surface area contributed by atoms with Gasteiger partial charge in [0.05, 0.1) is 5.69 Å². The van der Waals surface area contributed by atoms with Crippen molar-refractivity contribution in [1.82, 2.24) is 25.4 Å². The molecule has 2 heterocycles. The van der Waals surface area contributed by atoms with Gasteiger partial charge in [-0.1, -0.05) is 5.16 Å². The summed E-state index contributed by atoms with van der Waals surface area (Å²) in [6, 6.07) is 0.167. The van der Waals surface area contributed by atoms with E-state index in [0.29, 0.717) is 5.82 Å². The lowest BCUT2D eigenvalue weighted by molar-refractivity contribution is 0.408. The molecule has 0 saturated carbocycles. The summed E-state index contributed by atoms with van der Waals surface area (Å²) >= 11 is 0. The number of aromatic nitrogens is 4. The molecule has 0 aromatic carbocycles. The van der Waals surface area contributed by atoms with E-state index < -0.39 is 0 Å². The maximum absolute atomic E-state index is 4.65. The third-order valence-electron chi connectivity index (χ3n) is 2.23. The van der Waals surface area contributed by atoms with Gasteiger partial charge in [-0.25, -0.2) is 0 Å². The first-order valence-corrected chi connectivity index (χ1v) is 5.11. The van der Waals surface area contributed by atoms with Gasteiger partial charge in [0, 0.05) is 37.6 Å². The van der Waals surface area contributed by atoms with Crippen molar-refractivity contribution < 1.29 is 4.52 Å². The fourth-order valence-electron chi connectivity index (χ4n) is 1.34. The quantitative estimate of drug-likeness (QED) is 0.799. The van der Waals surface area contributed by atoms with E-state index in [1.54, 1.807) is 18.6 Å². The molecule has 0 radical (unpaired) electrons. The van der Waals surface area contributed by atoms with Gasteiger partial charge in [0.2, 0.25) is 6.39 Å². The predicted molar refractivity (Wildman–Crippen MR) is 56.5 cm³/mol. The molecule has 2 aromatic rings. The van der Waals surface area contributed by atoms with Gasteiger partial charge in [-0.05, 0) is 6.92 Å². The molecule has 84 valence electrons. The smallest absolute Gasteiger partial charge is 0.213 e. The number of hydrogen-bond acceptors (Lipinski definition) is 6. The molecule has 1 N–H and O–H groups in total. The first-order chi connectivity index (χ1) is 7.86. The minimum absolute atomic E-state index is 0.167. The molecule has 0 spiro atoms. The summed E-state index contributed by atoms with van der Waals surface area (Å²) in [6.45, 7) is 2.82. The van der Waals surface area contributed by atoms with Gasteiger partial charge in [-0.2, -0.15) is 4.98 Å². The van der Waals surface area contributed by atoms with Crippen molar-refractivity contribution in [3.63, 3.8) is 0 Å². The van der Waals surface area contributed by atoms with E-state index in [4.69, 9.17) is 0 Å². The number of nitrogens with zero attached hydrogens (tertiary/aromatic N) is 4. The Morgan fingerprint density at radius 2 is 2.31 bits per heavy atom. The molecule has 0 bridgehead atoms. The fourth-order valence-corrected chi connectivity index (χ4v) is 1.34. The van der Waals surface area contributed by atoms with Crippen molar-refractivity contribution in [3.05, 3.63) is 36.5 Å². The molecule has 2 rings (SSSR count). The Bertz CT molecular complexity index is 402. The van der Waals surface area contributed by atoms with Crippen LogP contribution in [-0.2, 0) is 6.42 Å². The van der Waals surface area contributed by atoms with Crippen molar-refractivity contribution in [2.75, 3.05) is 6.54 Å². The molecule has 0 aliphatic rings. The Morgan fingerprint density at radius 1 is 1.38 bits per heavy atom. The standard InChI is InChI=1S/C10H13N5O/c1-8(9-6-11-4-5-13-9)12-3-2-10-14-7-16-15-10/h4-8,12H,2-3H2,1H3. The van der Waals surface area contributed by atoms with Crippen LogP contribution in [0.4, 0.5) is 0 Å². The van der Waals surface area contributed by atoms with Gasteiger partial charge in [0.25, 0.3) is 0 Å². The molecule has 0 saturated heterocycles. The van der Waals surface area contributed by atoms with Crippen LogP contribution in [0.2, 0.25) is 0 Å². The highest BCUT2D eigenvalue weighted by molar-refractivity contribution is 5.00. The Balaban J connectivity index is 1.78. The van der Waals surface area contributed by atoms with Gasteiger partial charge >= 0.3 is 0 Å². The Morgan fingerprint density at radius 3 is 3.00 bits per heavy atom. The Labute approximate surface area is 93.1 Å². The highest BCUT2D eigenvalue weighted by atomic mass is 16.5. The number of rotatable bonds is 5. The molecule has 0 amide bonds. The third-order valence-corrected chi connectivity index (χ3v) is 2.23. The first-order valence-electron chi connectivity index (χ1n) is 5.11. The Hall–Kier alpha value is -1.82. The molecule has 2 aromatic heterocycles. The van der Waals surface area contributed by atoms with E-state index in [9.17, 15) is 0 Å². The average Bonchev–Trinajstić information content (AvgIpc) is 2.83. The summed E-state index contributed by atoms with van der Waals surface area (Å²) in [5.74, 6) is 0.707. The van der Waals surface area contributed by atoms with Crippen LogP contribution in [0.5, 0.6) is 0 Å². The van der Waals surface area contributed by atoms with Crippen molar-refractivity contribution >= 4 is 0 Å². The van der Waals surface area contributed by atoms with Gasteiger partial charge in [0.1, 0.15) is 0 Å². The summed E-state index contributed by atoms with van der Waals surface area (Å²) < 4.78 is 4.65. The van der Waals surface area contributed by atoms with E-state index in [0.717, 1.165) is 18.7 Å². The maximum atomic E-state index is 4.65. The lowest BCUT2D eigenvalue weighted by Crippen LogP contribution is -2.22. The lowest BCUT2D eigenvalue weighted by Gasteiger charge is -2.11. The first kappa shape index (κ1) is 10.7. The molecule has 16 heavy (non-hydrogen) atoms. The summed E-state index contributed by atoms with van der Waals surface area (Å²) in [6.07, 6.45) is 7.18. The predicted octanol–water partition coefficient (Wildman–Crippen LogP) is 0.753. The summed E-state index contributed by atoms with van der Waals surface area (Å²) in [7, 11) is 0. The van der Waals surface area contributed by atoms with E-state index in [2.05, 4.69) is 29.9 Å². The van der Waals surface area contributed by atoms with Crippen molar-refractivity contribution in [2.24, 2.45) is 0 Å². The molecule has 0 aliphatic heterocycles. The van der Waals surface area contributed by atoms with E-state index in [-0.39, 0.29) is 6.04 Å². The summed E-state index contributed by atoms with van der Waals surface area (Å²) in [5, 5.41) is 7.04. The van der Waals surface area contributed by atoms with Crippen LogP contribution in [0.15, 0.2) is 29.5 Å². The van der Waals surface area contributed by atoms with Crippen molar-refractivity contribution in [3.8, 4) is 0 Å². The zero-order valence-corrected chi connectivity index (χ0v) is 9.00. The second-order valence-corrected chi connectivity index (χ2v) is 3.40. The largest absolute Gasteiger partial charge is 0.343 e. The van der Waals surface area contributed by atoms with Crippen molar-refractivity contribution in [1.29, 1.82) is 0 Å². The zero-order valence-electron chi connectivity index (χ0n) is 9.00. The second kappa shape index (κ2) is 5.32. The number of hydrogen-bond donors (Lipinski definition) is 1. The van der Waals surface area contributed by atoms with Gasteiger partial charge in [-0.15, -0.1) is 0 Å². The van der Waals surface area contributed by atoms with Gasteiger partial charge < -0.3 is 9.84 Å². The average molecular weight is 219 g/mol. The zero-order chi connectivity index (χ0) is 11.2. The molecule has 0 aliphatic carbocycles. The molecule has 6 nitrogen and oxygen atoms in total. The molecular formula is C10H13N5O. The van der Waals surface area contributed by atoms with Crippen LogP contribution in [0.25, 0.3) is 0 Å². The molecular weight excluding hydrogens is 206 g/mol.